The van der Waals surface area contributed by atoms with E-state index in [0.29, 0.717) is 30.2 Å². The molecule has 0 bridgehead atoms. The molecule has 6 nitrogen and oxygen atoms in total. The van der Waals surface area contributed by atoms with Crippen LogP contribution in [0.4, 0.5) is 0 Å². The number of halogens is 1. The van der Waals surface area contributed by atoms with E-state index in [1.165, 1.54) is 6.20 Å². The molecule has 0 unspecified atom stereocenters. The molecule has 0 spiro atoms. The molecule has 0 aromatic carbocycles. The molecule has 0 aliphatic carbocycles. The first-order valence-corrected chi connectivity index (χ1v) is 7.27. The highest BCUT2D eigenvalue weighted by Crippen LogP contribution is 2.18. The molecule has 1 aliphatic heterocycles. The second-order valence-electron chi connectivity index (χ2n) is 5.19. The zero-order chi connectivity index (χ0) is 15.4. The summed E-state index contributed by atoms with van der Waals surface area (Å²) in [5.74, 6) is -0.464. The lowest BCUT2D eigenvalue weighted by molar-refractivity contribution is -0.119. The van der Waals surface area contributed by atoms with Crippen LogP contribution in [0.3, 0.4) is 0 Å². The predicted octanol–water partition coefficient (Wildman–Crippen LogP) is 0.677. The number of aryl methyl sites for hydroxylation is 1. The van der Waals surface area contributed by atoms with Crippen molar-refractivity contribution in [2.24, 2.45) is 5.73 Å². The minimum Gasteiger partial charge on any atom is -0.369 e. The van der Waals surface area contributed by atoms with Crippen molar-refractivity contribution in [1.29, 1.82) is 0 Å². The molecular weight excluding hydrogens is 292 g/mol. The van der Waals surface area contributed by atoms with Crippen molar-refractivity contribution in [3.63, 3.8) is 0 Å². The Kier molecular flexibility index (Phi) is 5.14. The highest BCUT2D eigenvalue weighted by molar-refractivity contribution is 6.33. The number of rotatable bonds is 3. The largest absolute Gasteiger partial charge is 0.369 e. The van der Waals surface area contributed by atoms with E-state index in [2.05, 4.69) is 4.98 Å². The summed E-state index contributed by atoms with van der Waals surface area (Å²) in [6, 6.07) is 1.69. The van der Waals surface area contributed by atoms with Gasteiger partial charge < -0.3 is 10.6 Å². The summed E-state index contributed by atoms with van der Waals surface area (Å²) in [6.07, 6.45) is 2.32. The van der Waals surface area contributed by atoms with Gasteiger partial charge in [-0.3, -0.25) is 19.5 Å². The monoisotopic (exact) mass is 310 g/mol. The molecule has 2 heterocycles. The molecule has 2 rings (SSSR count). The zero-order valence-electron chi connectivity index (χ0n) is 12.0. The average molecular weight is 311 g/mol. The molecule has 7 heteroatoms. The second kappa shape index (κ2) is 6.87. The van der Waals surface area contributed by atoms with Gasteiger partial charge >= 0.3 is 0 Å². The van der Waals surface area contributed by atoms with Crippen molar-refractivity contribution in [2.75, 3.05) is 32.7 Å². The van der Waals surface area contributed by atoms with Crippen LogP contribution >= 0.6 is 11.6 Å². The van der Waals surface area contributed by atoms with E-state index in [9.17, 15) is 9.59 Å². The molecule has 1 aromatic rings. The number of nitrogens with two attached hydrogens (primary N) is 1. The first-order chi connectivity index (χ1) is 9.97. The Morgan fingerprint density at radius 3 is 2.76 bits per heavy atom. The van der Waals surface area contributed by atoms with Gasteiger partial charge in [0.25, 0.3) is 5.91 Å². The Balaban J connectivity index is 2.04. The Bertz CT molecular complexity index is 550. The van der Waals surface area contributed by atoms with Gasteiger partial charge in [-0.25, -0.2) is 0 Å². The van der Waals surface area contributed by atoms with E-state index < -0.39 is 0 Å². The SMILES string of the molecule is Cc1cc(Cl)c(C(=O)N2CCCN(CC(N)=O)CC2)cn1. The topological polar surface area (TPSA) is 79.5 Å². The third kappa shape index (κ3) is 4.15. The minimum atomic E-state index is -0.347. The molecule has 0 atom stereocenters. The van der Waals surface area contributed by atoms with Crippen LogP contribution in [0.2, 0.25) is 5.02 Å². The van der Waals surface area contributed by atoms with E-state index in [-0.39, 0.29) is 18.4 Å². The molecule has 1 aromatic heterocycles. The molecular formula is C14H19ClN4O2. The number of pyridine rings is 1. The van der Waals surface area contributed by atoms with Crippen molar-refractivity contribution in [2.45, 2.75) is 13.3 Å². The lowest BCUT2D eigenvalue weighted by atomic mass is 10.2. The molecule has 21 heavy (non-hydrogen) atoms. The van der Waals surface area contributed by atoms with Crippen LogP contribution in [0.5, 0.6) is 0 Å². The maximum Gasteiger partial charge on any atom is 0.256 e. The highest BCUT2D eigenvalue weighted by atomic mass is 35.5. The number of hydrogen-bond donors (Lipinski definition) is 1. The quantitative estimate of drug-likeness (QED) is 0.890. The maximum atomic E-state index is 12.5. The van der Waals surface area contributed by atoms with E-state index in [1.807, 2.05) is 11.8 Å². The van der Waals surface area contributed by atoms with E-state index in [1.54, 1.807) is 11.0 Å². The normalized spacial score (nSPS) is 16.6. The number of nitrogens with zero attached hydrogens (tertiary/aromatic N) is 3. The number of carbonyl (C=O) groups is 2. The second-order valence-corrected chi connectivity index (χ2v) is 5.60. The van der Waals surface area contributed by atoms with Crippen molar-refractivity contribution in [1.82, 2.24) is 14.8 Å². The van der Waals surface area contributed by atoms with Gasteiger partial charge in [-0.1, -0.05) is 11.6 Å². The predicted molar refractivity (Wildman–Crippen MR) is 80.1 cm³/mol. The van der Waals surface area contributed by atoms with Crippen molar-refractivity contribution < 1.29 is 9.59 Å². The standard InChI is InChI=1S/C14H19ClN4O2/c1-10-7-12(15)11(8-17-10)14(21)19-4-2-3-18(5-6-19)9-13(16)20/h7-8H,2-6,9H2,1H3,(H2,16,20). The van der Waals surface area contributed by atoms with Gasteiger partial charge in [0.1, 0.15) is 0 Å². The zero-order valence-corrected chi connectivity index (χ0v) is 12.8. The molecule has 0 saturated carbocycles. The average Bonchev–Trinajstić information content (AvgIpc) is 2.63. The summed E-state index contributed by atoms with van der Waals surface area (Å²) in [6.45, 7) is 4.63. The Labute approximate surface area is 128 Å². The van der Waals surface area contributed by atoms with Crippen LogP contribution in [0.1, 0.15) is 22.5 Å². The summed E-state index contributed by atoms with van der Waals surface area (Å²) < 4.78 is 0. The van der Waals surface area contributed by atoms with Crippen molar-refractivity contribution in [3.8, 4) is 0 Å². The lowest BCUT2D eigenvalue weighted by Crippen LogP contribution is -2.38. The maximum absolute atomic E-state index is 12.5. The van der Waals surface area contributed by atoms with Crippen LogP contribution in [-0.2, 0) is 4.79 Å². The van der Waals surface area contributed by atoms with Crippen molar-refractivity contribution >= 4 is 23.4 Å². The third-order valence-electron chi connectivity index (χ3n) is 3.48. The fraction of sp³-hybridized carbons (Fsp3) is 0.500. The molecule has 1 aliphatic rings. The Hall–Kier alpha value is -1.66. The minimum absolute atomic E-state index is 0.117. The smallest absolute Gasteiger partial charge is 0.256 e. The van der Waals surface area contributed by atoms with Crippen LogP contribution in [0, 0.1) is 6.92 Å². The summed E-state index contributed by atoms with van der Waals surface area (Å²) >= 11 is 6.12. The van der Waals surface area contributed by atoms with Crippen LogP contribution in [-0.4, -0.2) is 59.3 Å². The lowest BCUT2D eigenvalue weighted by Gasteiger charge is -2.21. The Morgan fingerprint density at radius 1 is 1.33 bits per heavy atom. The molecule has 1 saturated heterocycles. The number of primary amides is 1. The van der Waals surface area contributed by atoms with E-state index in [0.717, 1.165) is 18.7 Å². The van der Waals surface area contributed by atoms with Gasteiger partial charge in [-0.2, -0.15) is 0 Å². The van der Waals surface area contributed by atoms with Crippen LogP contribution in [0.25, 0.3) is 0 Å². The fourth-order valence-corrected chi connectivity index (χ4v) is 2.69. The first-order valence-electron chi connectivity index (χ1n) is 6.89. The van der Waals surface area contributed by atoms with Crippen molar-refractivity contribution in [3.05, 3.63) is 28.5 Å². The molecule has 2 N–H and O–H groups in total. The van der Waals surface area contributed by atoms with Crippen LogP contribution < -0.4 is 5.73 Å². The summed E-state index contributed by atoms with van der Waals surface area (Å²) in [4.78, 5) is 31.3. The highest BCUT2D eigenvalue weighted by Gasteiger charge is 2.22. The summed E-state index contributed by atoms with van der Waals surface area (Å²) in [7, 11) is 0. The Morgan fingerprint density at radius 2 is 2.10 bits per heavy atom. The van der Waals surface area contributed by atoms with Gasteiger partial charge in [0, 0.05) is 38.1 Å². The van der Waals surface area contributed by atoms with E-state index in [4.69, 9.17) is 17.3 Å². The fourth-order valence-electron chi connectivity index (χ4n) is 2.41. The molecule has 114 valence electrons. The first kappa shape index (κ1) is 15.7. The molecule has 1 fully saturated rings. The van der Waals surface area contributed by atoms with Crippen LogP contribution in [0.15, 0.2) is 12.3 Å². The molecule has 2 amide bonds. The van der Waals surface area contributed by atoms with Gasteiger partial charge in [-0.15, -0.1) is 0 Å². The van der Waals surface area contributed by atoms with Gasteiger partial charge in [0.05, 0.1) is 17.1 Å². The number of amides is 2. The number of carbonyl (C=O) groups excluding carboxylic acids is 2. The summed E-state index contributed by atoms with van der Waals surface area (Å²) in [5, 5.41) is 0.422. The summed E-state index contributed by atoms with van der Waals surface area (Å²) in [5.41, 5.74) is 6.41. The number of aromatic nitrogens is 1. The van der Waals surface area contributed by atoms with Gasteiger partial charge in [0.15, 0.2) is 0 Å². The van der Waals surface area contributed by atoms with Gasteiger partial charge in [0.2, 0.25) is 5.91 Å². The van der Waals surface area contributed by atoms with E-state index >= 15 is 0 Å². The molecule has 0 radical (unpaired) electrons. The number of hydrogen-bond acceptors (Lipinski definition) is 4. The third-order valence-corrected chi connectivity index (χ3v) is 3.79. The van der Waals surface area contributed by atoms with Gasteiger partial charge in [-0.05, 0) is 19.4 Å².